The molecule has 1 aliphatic rings. The largest absolute Gasteiger partial charge is 0.472 e. The summed E-state index contributed by atoms with van der Waals surface area (Å²) in [6, 6.07) is 0. The second-order valence-corrected chi connectivity index (χ2v) is 18.4. The molecule has 1 saturated carbocycles. The fourth-order valence-corrected chi connectivity index (χ4v) is 7.99. The Morgan fingerprint density at radius 1 is 0.477 bits per heavy atom. The first-order valence-electron chi connectivity index (χ1n) is 24.7. The number of hydrogen-bond acceptors (Lipinski definition) is 12. The average molecular weight is 939 g/mol. The lowest BCUT2D eigenvalue weighted by Gasteiger charge is -2.41. The molecule has 0 aromatic rings. The van der Waals surface area contributed by atoms with Crippen molar-refractivity contribution >= 4 is 19.8 Å². The van der Waals surface area contributed by atoms with Crippen molar-refractivity contribution < 1.29 is 63.1 Å². The maximum Gasteiger partial charge on any atom is 0.472 e. The molecular formula is C51H87O13P. The fraction of sp³-hybridized carbons (Fsp3) is 0.725. The number of phosphoric ester groups is 1. The molecule has 13 nitrogen and oxygen atoms in total. The highest BCUT2D eigenvalue weighted by Gasteiger charge is 2.51. The summed E-state index contributed by atoms with van der Waals surface area (Å²) in [7, 11) is -5.14. The van der Waals surface area contributed by atoms with Gasteiger partial charge in [-0.1, -0.05) is 157 Å². The number of carbonyl (C=O) groups excluding carboxylic acids is 2. The smallest absolute Gasteiger partial charge is 0.462 e. The van der Waals surface area contributed by atoms with Gasteiger partial charge in [0.15, 0.2) is 6.10 Å². The third-order valence-corrected chi connectivity index (χ3v) is 12.0. The Kier molecular flexibility index (Phi) is 37.5. The second-order valence-electron chi connectivity index (χ2n) is 17.0. The molecule has 0 saturated heterocycles. The van der Waals surface area contributed by atoms with Crippen LogP contribution in [-0.4, -0.2) is 98.3 Å². The van der Waals surface area contributed by atoms with Gasteiger partial charge in [-0.3, -0.25) is 18.6 Å². The quantitative estimate of drug-likeness (QED) is 0.0146. The highest BCUT2D eigenvalue weighted by Crippen LogP contribution is 2.47. The third kappa shape index (κ3) is 32.6. The van der Waals surface area contributed by atoms with Gasteiger partial charge in [0, 0.05) is 12.8 Å². The number of carbonyl (C=O) groups is 2. The summed E-state index contributed by atoms with van der Waals surface area (Å²) in [5.74, 6) is -1.17. The summed E-state index contributed by atoms with van der Waals surface area (Å²) in [4.78, 5) is 35.8. The number of phosphoric acid groups is 1. The number of ether oxygens (including phenoxy) is 2. The second kappa shape index (κ2) is 40.4. The van der Waals surface area contributed by atoms with Crippen LogP contribution in [0.15, 0.2) is 72.9 Å². The Balaban J connectivity index is 2.47. The number of rotatable bonds is 40. The highest BCUT2D eigenvalue weighted by molar-refractivity contribution is 7.47. The Labute approximate surface area is 391 Å². The van der Waals surface area contributed by atoms with Gasteiger partial charge in [0.2, 0.25) is 0 Å². The summed E-state index contributed by atoms with van der Waals surface area (Å²) in [6.07, 6.45) is 38.1. The summed E-state index contributed by atoms with van der Waals surface area (Å²) in [6.45, 7) is 3.20. The van der Waals surface area contributed by atoms with Crippen LogP contribution in [0, 0.1) is 0 Å². The first-order valence-corrected chi connectivity index (χ1v) is 26.2. The molecule has 6 unspecified atom stereocenters. The van der Waals surface area contributed by atoms with Crippen LogP contribution in [0.3, 0.4) is 0 Å². The zero-order valence-corrected chi connectivity index (χ0v) is 40.7. The predicted molar refractivity (Wildman–Crippen MR) is 258 cm³/mol. The van der Waals surface area contributed by atoms with Crippen molar-refractivity contribution in [2.24, 2.45) is 0 Å². The molecule has 8 atom stereocenters. The molecule has 1 fully saturated rings. The van der Waals surface area contributed by atoms with Gasteiger partial charge >= 0.3 is 19.8 Å². The van der Waals surface area contributed by atoms with Gasteiger partial charge in [-0.25, -0.2) is 4.57 Å². The molecule has 6 N–H and O–H groups in total. The molecule has 14 heteroatoms. The SMILES string of the molecule is CCCCC/C=C/C/C=C/C/C=C/C/C=C/CCCC(=O)OC[C@H](COP(=O)(O)OC1C(O)C(O)C(O)[C@@H](O)C1O)OC(=O)CCCCCCCCCCC/C=C/C/C=C/CCCCC. The predicted octanol–water partition coefficient (Wildman–Crippen LogP) is 10.3. The molecule has 0 aliphatic heterocycles. The van der Waals surface area contributed by atoms with Crippen molar-refractivity contribution in [1.82, 2.24) is 0 Å². The van der Waals surface area contributed by atoms with E-state index in [-0.39, 0.29) is 12.8 Å². The van der Waals surface area contributed by atoms with Crippen molar-refractivity contribution in [2.75, 3.05) is 13.2 Å². The first-order chi connectivity index (χ1) is 31.4. The van der Waals surface area contributed by atoms with E-state index in [1.807, 2.05) is 12.2 Å². The maximum absolute atomic E-state index is 12.8. The minimum absolute atomic E-state index is 0.0769. The molecule has 0 spiro atoms. The standard InChI is InChI=1S/C51H87O13P/c1-3-5-7-9-11-13-15-17-19-21-22-24-26-28-30-32-34-36-38-40-45(53)63-43(42-62-65(59,60)64-51-49(57)47(55)46(54)48(56)50(51)58)41-61-44(52)39-37-35-33-31-29-27-25-23-20-18-16-14-12-10-8-6-4-2/h11-14,17-20,25,27,31,33,43,46-51,54-58H,3-10,15-16,21-24,26,28-30,32,34-42H2,1-2H3,(H,59,60)/b13-11+,14-12+,19-17+,20-18+,27-25+,33-31+/t43-,46?,47-,48?,49?,50?,51?/m1/s1. The van der Waals surface area contributed by atoms with E-state index in [0.29, 0.717) is 19.3 Å². The zero-order valence-electron chi connectivity index (χ0n) is 39.8. The van der Waals surface area contributed by atoms with Gasteiger partial charge in [0.25, 0.3) is 0 Å². The molecule has 0 radical (unpaired) electrons. The Bertz CT molecular complexity index is 1410. The molecule has 65 heavy (non-hydrogen) atoms. The van der Waals surface area contributed by atoms with E-state index in [0.717, 1.165) is 64.2 Å². The van der Waals surface area contributed by atoms with Gasteiger partial charge in [-0.05, 0) is 83.5 Å². The average Bonchev–Trinajstić information content (AvgIpc) is 3.29. The van der Waals surface area contributed by atoms with Crippen molar-refractivity contribution in [3.8, 4) is 0 Å². The van der Waals surface area contributed by atoms with Gasteiger partial charge < -0.3 is 39.9 Å². The number of esters is 2. The van der Waals surface area contributed by atoms with Gasteiger partial charge in [-0.15, -0.1) is 0 Å². The number of allylic oxidation sites excluding steroid dienone is 12. The molecule has 0 aromatic carbocycles. The van der Waals surface area contributed by atoms with Crippen molar-refractivity contribution in [3.63, 3.8) is 0 Å². The topological polar surface area (TPSA) is 210 Å². The van der Waals surface area contributed by atoms with Gasteiger partial charge in [0.05, 0.1) is 6.61 Å². The number of unbranched alkanes of at least 4 members (excludes halogenated alkanes) is 16. The van der Waals surface area contributed by atoms with Crippen molar-refractivity contribution in [3.05, 3.63) is 72.9 Å². The molecule has 0 heterocycles. The van der Waals surface area contributed by atoms with Crippen LogP contribution in [-0.2, 0) is 32.7 Å². The van der Waals surface area contributed by atoms with Crippen LogP contribution < -0.4 is 0 Å². The van der Waals surface area contributed by atoms with Gasteiger partial charge in [0.1, 0.15) is 43.2 Å². The van der Waals surface area contributed by atoms with Crippen LogP contribution in [0.25, 0.3) is 0 Å². The zero-order chi connectivity index (χ0) is 47.8. The molecule has 1 aliphatic carbocycles. The van der Waals surface area contributed by atoms with E-state index in [1.165, 1.54) is 70.6 Å². The summed E-state index contributed by atoms with van der Waals surface area (Å²) in [5, 5.41) is 50.2. The minimum atomic E-state index is -5.14. The van der Waals surface area contributed by atoms with E-state index in [2.05, 4.69) is 74.6 Å². The van der Waals surface area contributed by atoms with Crippen LogP contribution in [0.2, 0.25) is 0 Å². The normalized spacial score (nSPS) is 22.0. The van der Waals surface area contributed by atoms with Crippen LogP contribution in [0.1, 0.15) is 181 Å². The number of aliphatic hydroxyl groups is 5. The molecule has 0 bridgehead atoms. The van der Waals surface area contributed by atoms with Crippen molar-refractivity contribution in [2.45, 2.75) is 224 Å². The van der Waals surface area contributed by atoms with Crippen LogP contribution in [0.5, 0.6) is 0 Å². The van der Waals surface area contributed by atoms with E-state index in [1.54, 1.807) is 0 Å². The lowest BCUT2D eigenvalue weighted by Crippen LogP contribution is -2.64. The lowest BCUT2D eigenvalue weighted by atomic mass is 9.85. The van der Waals surface area contributed by atoms with Crippen molar-refractivity contribution in [1.29, 1.82) is 0 Å². The molecule has 0 aromatic heterocycles. The Morgan fingerprint density at radius 2 is 0.846 bits per heavy atom. The van der Waals surface area contributed by atoms with Crippen LogP contribution in [0.4, 0.5) is 0 Å². The van der Waals surface area contributed by atoms with E-state index >= 15 is 0 Å². The molecule has 0 amide bonds. The lowest BCUT2D eigenvalue weighted by molar-refractivity contribution is -0.220. The van der Waals surface area contributed by atoms with Crippen LogP contribution >= 0.6 is 7.82 Å². The van der Waals surface area contributed by atoms with E-state index < -0.39 is 75.7 Å². The molecule has 1 rings (SSSR count). The number of hydrogen-bond donors (Lipinski definition) is 6. The Morgan fingerprint density at radius 3 is 1.31 bits per heavy atom. The minimum Gasteiger partial charge on any atom is -0.462 e. The number of aliphatic hydroxyl groups excluding tert-OH is 5. The summed E-state index contributed by atoms with van der Waals surface area (Å²) < 4.78 is 33.5. The highest BCUT2D eigenvalue weighted by atomic mass is 31.2. The fourth-order valence-electron chi connectivity index (χ4n) is 7.02. The first kappa shape index (κ1) is 60.3. The summed E-state index contributed by atoms with van der Waals surface area (Å²) >= 11 is 0. The summed E-state index contributed by atoms with van der Waals surface area (Å²) in [5.41, 5.74) is 0. The van der Waals surface area contributed by atoms with E-state index in [9.17, 15) is 44.6 Å². The molecular weight excluding hydrogens is 852 g/mol. The monoisotopic (exact) mass is 939 g/mol. The van der Waals surface area contributed by atoms with E-state index in [4.69, 9.17) is 18.5 Å². The Hall–Kier alpha value is -2.71. The molecule has 374 valence electrons. The van der Waals surface area contributed by atoms with Gasteiger partial charge in [-0.2, -0.15) is 0 Å². The maximum atomic E-state index is 12.8. The third-order valence-electron chi connectivity index (χ3n) is 11.0.